The topological polar surface area (TPSA) is 238 Å². The van der Waals surface area contributed by atoms with E-state index in [-0.39, 0.29) is 76.2 Å². The van der Waals surface area contributed by atoms with Gasteiger partial charge in [-0.05, 0) is 77.0 Å². The van der Waals surface area contributed by atoms with Crippen LogP contribution in [0.15, 0.2) is 115 Å². The molecule has 7 rings (SSSR count). The summed E-state index contributed by atoms with van der Waals surface area (Å²) in [7, 11) is 0. The van der Waals surface area contributed by atoms with Crippen LogP contribution < -0.4 is 32.3 Å². The van der Waals surface area contributed by atoms with E-state index in [9.17, 15) is 38.7 Å². The maximum absolute atomic E-state index is 15.0. The zero-order valence-electron chi connectivity index (χ0n) is 38.6. The van der Waals surface area contributed by atoms with Crippen molar-refractivity contribution in [1.82, 2.24) is 31.5 Å². The molecule has 4 aromatic rings. The molecule has 2 fully saturated rings. The fourth-order valence-corrected chi connectivity index (χ4v) is 9.17. The van der Waals surface area contributed by atoms with Crippen LogP contribution in [0.5, 0.6) is 0 Å². The van der Waals surface area contributed by atoms with Crippen molar-refractivity contribution < 1.29 is 43.4 Å². The molecule has 1 saturated heterocycles. The van der Waals surface area contributed by atoms with E-state index < -0.39 is 53.0 Å². The Bertz CT molecular complexity index is 2500. The first-order chi connectivity index (χ1) is 33.4. The number of ether oxygens (including phenoxy) is 1. The smallest absolute Gasteiger partial charge is 0.307 e. The van der Waals surface area contributed by atoms with Gasteiger partial charge in [0.15, 0.2) is 0 Å². The van der Waals surface area contributed by atoms with E-state index in [0.29, 0.717) is 50.1 Å². The second kappa shape index (κ2) is 23.7. The molecule has 6 amide bonds. The summed E-state index contributed by atoms with van der Waals surface area (Å²) >= 11 is 0. The number of aliphatic carboxylic acids is 1. The average Bonchev–Trinajstić information content (AvgIpc) is 4.17. The quantitative estimate of drug-likeness (QED) is 0.0968. The minimum absolute atomic E-state index is 0.00341. The molecule has 0 spiro atoms. The number of carboxylic acid groups (broad SMARTS) is 1. The Morgan fingerprint density at radius 2 is 1.52 bits per heavy atom. The van der Waals surface area contributed by atoms with Crippen molar-refractivity contribution in [3.63, 3.8) is 0 Å². The highest BCUT2D eigenvalue weighted by Gasteiger charge is 2.45. The number of nitrogens with zero attached hydrogens (tertiary/aromatic N) is 1. The van der Waals surface area contributed by atoms with Crippen LogP contribution in [-0.4, -0.2) is 109 Å². The van der Waals surface area contributed by atoms with Gasteiger partial charge in [0.2, 0.25) is 35.4 Å². The predicted molar refractivity (Wildman–Crippen MR) is 258 cm³/mol. The minimum atomic E-state index is -1.13. The standard InChI is InChI=1S/C53H61N7O9/c54-23-27-69-28-25-56-49(64)44-21-24-55-46(61)19-20-48(63)60-26-6-22-53(34-60,32-36-7-2-1-3-8-36)52(68)59-45(50(65)57-33-41-10-5-4-9-40(41)30-47(62)58-44)29-35-11-13-37(14-12-35)38-15-17-39(18-16-38)42-31-43(42)51(66)67/h1-5,7-20,42-45H,6,21-34,54H2,(H,55,61)(H,56,64)(H,57,65)(H,58,62)(H,59,68)(H,66,67)/b20-19+/t42-,43+,44-,45-,53-/m0/s1. The van der Waals surface area contributed by atoms with Gasteiger partial charge in [0.1, 0.15) is 12.1 Å². The number of piperidine rings is 1. The van der Waals surface area contributed by atoms with Gasteiger partial charge in [-0.1, -0.05) is 103 Å². The number of hydrogen-bond donors (Lipinski definition) is 7. The molecule has 2 bridgehead atoms. The number of amides is 6. The second-order valence-corrected chi connectivity index (χ2v) is 18.0. The van der Waals surface area contributed by atoms with Gasteiger partial charge >= 0.3 is 5.97 Å². The molecule has 0 radical (unpaired) electrons. The molecule has 5 atom stereocenters. The largest absolute Gasteiger partial charge is 0.481 e. The number of rotatable bonds is 13. The summed E-state index contributed by atoms with van der Waals surface area (Å²) in [6.07, 6.45) is 4.19. The Morgan fingerprint density at radius 1 is 0.812 bits per heavy atom. The Hall–Kier alpha value is -7.17. The summed E-state index contributed by atoms with van der Waals surface area (Å²) in [5, 5.41) is 23.8. The van der Waals surface area contributed by atoms with Crippen LogP contribution in [0.2, 0.25) is 0 Å². The molecule has 2 aliphatic heterocycles. The molecule has 2 heterocycles. The third-order valence-corrected chi connectivity index (χ3v) is 13.0. The number of hydrogen-bond acceptors (Lipinski definition) is 9. The molecule has 16 heteroatoms. The van der Waals surface area contributed by atoms with Gasteiger partial charge in [0.25, 0.3) is 0 Å². The summed E-state index contributed by atoms with van der Waals surface area (Å²) in [5.41, 5.74) is 10.2. The highest BCUT2D eigenvalue weighted by atomic mass is 16.5. The number of nitrogens with two attached hydrogens (primary N) is 1. The second-order valence-electron chi connectivity index (χ2n) is 18.0. The molecule has 362 valence electrons. The normalized spacial score (nSPS) is 23.1. The van der Waals surface area contributed by atoms with E-state index in [2.05, 4.69) is 26.6 Å². The van der Waals surface area contributed by atoms with Gasteiger partial charge in [-0.3, -0.25) is 33.6 Å². The fraction of sp³-hybridized carbons (Fsp3) is 0.377. The predicted octanol–water partition coefficient (Wildman–Crippen LogP) is 2.93. The van der Waals surface area contributed by atoms with Gasteiger partial charge in [0, 0.05) is 57.8 Å². The van der Waals surface area contributed by atoms with Gasteiger partial charge < -0.3 is 47.1 Å². The van der Waals surface area contributed by atoms with Crippen molar-refractivity contribution >= 4 is 41.4 Å². The van der Waals surface area contributed by atoms with Crippen LogP contribution in [0.3, 0.4) is 0 Å². The molecule has 69 heavy (non-hydrogen) atoms. The van der Waals surface area contributed by atoms with E-state index in [1.165, 1.54) is 6.08 Å². The van der Waals surface area contributed by atoms with E-state index in [1.807, 2.05) is 78.9 Å². The third kappa shape index (κ3) is 13.7. The van der Waals surface area contributed by atoms with Gasteiger partial charge in [-0.25, -0.2) is 0 Å². The highest BCUT2D eigenvalue weighted by Crippen LogP contribution is 2.47. The van der Waals surface area contributed by atoms with Crippen molar-refractivity contribution in [2.24, 2.45) is 17.1 Å². The van der Waals surface area contributed by atoms with E-state index in [4.69, 9.17) is 10.5 Å². The highest BCUT2D eigenvalue weighted by molar-refractivity contribution is 5.97. The Morgan fingerprint density at radius 3 is 2.23 bits per heavy atom. The molecule has 3 aliphatic rings. The van der Waals surface area contributed by atoms with Crippen molar-refractivity contribution in [3.05, 3.63) is 143 Å². The van der Waals surface area contributed by atoms with Crippen LogP contribution in [-0.2, 0) is 64.1 Å². The summed E-state index contributed by atoms with van der Waals surface area (Å²) in [6, 6.07) is 30.2. The fourth-order valence-electron chi connectivity index (χ4n) is 9.17. The van der Waals surface area contributed by atoms with E-state index >= 15 is 0 Å². The molecule has 1 aliphatic carbocycles. The first-order valence-electron chi connectivity index (χ1n) is 23.6. The van der Waals surface area contributed by atoms with Gasteiger partial charge in [0.05, 0.1) is 31.0 Å². The van der Waals surface area contributed by atoms with Crippen molar-refractivity contribution in [3.8, 4) is 11.1 Å². The van der Waals surface area contributed by atoms with Crippen LogP contribution in [0.1, 0.15) is 59.4 Å². The number of carbonyl (C=O) groups excluding carboxylic acids is 6. The molecule has 4 aromatic carbocycles. The van der Waals surface area contributed by atoms with Crippen LogP contribution in [0.25, 0.3) is 11.1 Å². The summed E-state index contributed by atoms with van der Waals surface area (Å²) < 4.78 is 5.37. The number of carbonyl (C=O) groups is 7. The maximum Gasteiger partial charge on any atom is 0.307 e. The lowest BCUT2D eigenvalue weighted by atomic mass is 9.74. The van der Waals surface area contributed by atoms with E-state index in [1.54, 1.807) is 29.2 Å². The van der Waals surface area contributed by atoms with Gasteiger partial charge in [-0.15, -0.1) is 0 Å². The van der Waals surface area contributed by atoms with Crippen molar-refractivity contribution in [2.75, 3.05) is 45.9 Å². The minimum Gasteiger partial charge on any atom is -0.481 e. The molecule has 16 nitrogen and oxygen atoms in total. The summed E-state index contributed by atoms with van der Waals surface area (Å²) in [6.45, 7) is 1.47. The molecule has 0 unspecified atom stereocenters. The third-order valence-electron chi connectivity index (χ3n) is 13.0. The number of fused-ring (bicyclic) bond motifs is 3. The van der Waals surface area contributed by atoms with Crippen LogP contribution in [0, 0.1) is 11.3 Å². The van der Waals surface area contributed by atoms with E-state index in [0.717, 1.165) is 33.9 Å². The molecule has 1 saturated carbocycles. The Labute approximate surface area is 401 Å². The molecule has 8 N–H and O–H groups in total. The lowest BCUT2D eigenvalue weighted by Gasteiger charge is -2.42. The van der Waals surface area contributed by atoms with Crippen LogP contribution in [0.4, 0.5) is 0 Å². The summed E-state index contributed by atoms with van der Waals surface area (Å²) in [5.74, 6) is -3.91. The number of nitrogens with one attached hydrogen (secondary N) is 5. The lowest BCUT2D eigenvalue weighted by molar-refractivity contribution is -0.142. The maximum atomic E-state index is 15.0. The van der Waals surface area contributed by atoms with Crippen molar-refractivity contribution in [1.29, 1.82) is 0 Å². The van der Waals surface area contributed by atoms with Crippen molar-refractivity contribution in [2.45, 2.75) is 69.5 Å². The number of benzene rings is 4. The molecule has 0 aromatic heterocycles. The monoisotopic (exact) mass is 939 g/mol. The Kier molecular flexibility index (Phi) is 17.1. The Balaban J connectivity index is 1.16. The summed E-state index contributed by atoms with van der Waals surface area (Å²) in [4.78, 5) is 96.2. The first kappa shape index (κ1) is 49.7. The van der Waals surface area contributed by atoms with Crippen LogP contribution >= 0.6 is 0 Å². The lowest BCUT2D eigenvalue weighted by Crippen LogP contribution is -2.58. The first-order valence-corrected chi connectivity index (χ1v) is 23.6. The molecular formula is C53H61N7O9. The van der Waals surface area contributed by atoms with Gasteiger partial charge in [-0.2, -0.15) is 0 Å². The zero-order valence-corrected chi connectivity index (χ0v) is 38.6. The average molecular weight is 940 g/mol. The number of carboxylic acids is 1. The molecular weight excluding hydrogens is 879 g/mol. The SMILES string of the molecule is NCCOCCNC(=O)[C@@H]1CCNC(=O)/C=C/C(=O)N2CCC[C@](Cc3ccccc3)(C2)C(=O)N[C@@H](Cc2ccc(-c3ccc([C@@H]4C[C@H]4C(=O)O)cc3)cc2)C(=O)NCc2ccccc2CC(=O)N1. The zero-order chi connectivity index (χ0) is 48.8.